The number of benzene rings is 1. The molecule has 20 heavy (non-hydrogen) atoms. The predicted molar refractivity (Wildman–Crippen MR) is 84.1 cm³/mol. The molecule has 3 nitrogen and oxygen atoms in total. The van der Waals surface area contributed by atoms with Gasteiger partial charge in [0.1, 0.15) is 0 Å². The number of fused-ring (bicyclic) bond motifs is 1. The smallest absolute Gasteiger partial charge is 0.0345 e. The molecule has 0 radical (unpaired) electrons. The van der Waals surface area contributed by atoms with Crippen LogP contribution in [0.2, 0.25) is 0 Å². The number of hydrogen-bond acceptors (Lipinski definition) is 3. The summed E-state index contributed by atoms with van der Waals surface area (Å²) in [5, 5.41) is 3.65. The first-order chi connectivity index (χ1) is 9.72. The van der Waals surface area contributed by atoms with Crippen molar-refractivity contribution in [2.75, 3.05) is 40.3 Å². The zero-order valence-electron chi connectivity index (χ0n) is 12.9. The number of piperazine rings is 1. The van der Waals surface area contributed by atoms with Gasteiger partial charge in [0.2, 0.25) is 0 Å². The number of nitrogens with one attached hydrogen (secondary N) is 1. The topological polar surface area (TPSA) is 18.5 Å². The maximum absolute atomic E-state index is 3.65. The van der Waals surface area contributed by atoms with E-state index >= 15 is 0 Å². The van der Waals surface area contributed by atoms with Gasteiger partial charge in [0.15, 0.2) is 0 Å². The first-order valence-electron chi connectivity index (χ1n) is 7.92. The fraction of sp³-hybridized carbons (Fsp3) is 0.647. The average Bonchev–Trinajstić information content (AvgIpc) is 2.90. The van der Waals surface area contributed by atoms with Crippen molar-refractivity contribution >= 4 is 0 Å². The molecule has 1 aromatic carbocycles. The molecule has 1 N–H and O–H groups in total. The highest BCUT2D eigenvalue weighted by atomic mass is 15.3. The highest BCUT2D eigenvalue weighted by molar-refractivity contribution is 5.35. The van der Waals surface area contributed by atoms with Gasteiger partial charge in [-0.15, -0.1) is 0 Å². The summed E-state index contributed by atoms with van der Waals surface area (Å²) >= 11 is 0. The Morgan fingerprint density at radius 2 is 2.00 bits per heavy atom. The fourth-order valence-electron chi connectivity index (χ4n) is 3.44. The van der Waals surface area contributed by atoms with Crippen LogP contribution in [0, 0.1) is 0 Å². The summed E-state index contributed by atoms with van der Waals surface area (Å²) in [6, 6.07) is 7.68. The molecule has 110 valence electrons. The fourth-order valence-corrected chi connectivity index (χ4v) is 3.44. The van der Waals surface area contributed by atoms with Gasteiger partial charge in [-0.05, 0) is 50.0 Å². The van der Waals surface area contributed by atoms with E-state index in [0.717, 1.165) is 13.1 Å². The molecule has 1 saturated heterocycles. The molecule has 0 aromatic heterocycles. The van der Waals surface area contributed by atoms with Crippen LogP contribution in [0.15, 0.2) is 18.2 Å². The Morgan fingerprint density at radius 3 is 2.90 bits per heavy atom. The third kappa shape index (κ3) is 3.22. The molecule has 1 aliphatic heterocycles. The quantitative estimate of drug-likeness (QED) is 0.897. The van der Waals surface area contributed by atoms with E-state index in [1.165, 1.54) is 44.5 Å². The van der Waals surface area contributed by atoms with E-state index in [1.54, 1.807) is 11.1 Å². The Kier molecular flexibility index (Phi) is 4.39. The second-order valence-corrected chi connectivity index (χ2v) is 6.48. The van der Waals surface area contributed by atoms with Crippen molar-refractivity contribution in [2.24, 2.45) is 0 Å². The van der Waals surface area contributed by atoms with Crippen LogP contribution in [-0.4, -0.2) is 56.1 Å². The van der Waals surface area contributed by atoms with Crippen LogP contribution in [0.5, 0.6) is 0 Å². The van der Waals surface area contributed by atoms with E-state index in [4.69, 9.17) is 0 Å². The molecule has 3 heteroatoms. The highest BCUT2D eigenvalue weighted by Gasteiger charge is 2.21. The van der Waals surface area contributed by atoms with Crippen LogP contribution in [-0.2, 0) is 19.4 Å². The minimum Gasteiger partial charge on any atom is -0.311 e. The van der Waals surface area contributed by atoms with Gasteiger partial charge in [0, 0.05) is 38.8 Å². The van der Waals surface area contributed by atoms with Crippen LogP contribution in [0.1, 0.15) is 23.1 Å². The third-order valence-electron chi connectivity index (χ3n) is 4.85. The molecule has 0 spiro atoms. The van der Waals surface area contributed by atoms with E-state index in [1.807, 2.05) is 0 Å². The molecule has 1 aromatic rings. The van der Waals surface area contributed by atoms with Crippen molar-refractivity contribution in [3.8, 4) is 0 Å². The molecule has 2 aliphatic rings. The summed E-state index contributed by atoms with van der Waals surface area (Å²) in [5.41, 5.74) is 4.60. The highest BCUT2D eigenvalue weighted by Crippen LogP contribution is 2.22. The minimum absolute atomic E-state index is 0.642. The molecular formula is C17H27N3. The SMILES string of the molecule is CN1CCN(C)C(CNCc2ccc3c(c2)CCC3)C1. The molecule has 0 amide bonds. The molecular weight excluding hydrogens is 246 g/mol. The van der Waals surface area contributed by atoms with Crippen LogP contribution in [0.3, 0.4) is 0 Å². The lowest BCUT2D eigenvalue weighted by Crippen LogP contribution is -2.53. The maximum atomic E-state index is 3.65. The first kappa shape index (κ1) is 14.1. The number of hydrogen-bond donors (Lipinski definition) is 1. The van der Waals surface area contributed by atoms with E-state index in [9.17, 15) is 0 Å². The van der Waals surface area contributed by atoms with Gasteiger partial charge >= 0.3 is 0 Å². The Morgan fingerprint density at radius 1 is 1.15 bits per heavy atom. The van der Waals surface area contributed by atoms with Gasteiger partial charge in [0.05, 0.1) is 0 Å². The van der Waals surface area contributed by atoms with E-state index in [2.05, 4.69) is 47.4 Å². The molecule has 1 fully saturated rings. The summed E-state index contributed by atoms with van der Waals surface area (Å²) in [6.07, 6.45) is 3.90. The normalized spacial score (nSPS) is 24.0. The second-order valence-electron chi connectivity index (χ2n) is 6.48. The Labute approximate surface area is 123 Å². The monoisotopic (exact) mass is 273 g/mol. The summed E-state index contributed by atoms with van der Waals surface area (Å²) in [4.78, 5) is 4.91. The summed E-state index contributed by atoms with van der Waals surface area (Å²) < 4.78 is 0. The summed E-state index contributed by atoms with van der Waals surface area (Å²) in [6.45, 7) is 5.63. The van der Waals surface area contributed by atoms with Crippen molar-refractivity contribution in [3.63, 3.8) is 0 Å². The average molecular weight is 273 g/mol. The van der Waals surface area contributed by atoms with Crippen molar-refractivity contribution in [3.05, 3.63) is 34.9 Å². The maximum Gasteiger partial charge on any atom is 0.0345 e. The van der Waals surface area contributed by atoms with E-state index in [0.29, 0.717) is 6.04 Å². The first-order valence-corrected chi connectivity index (χ1v) is 7.92. The lowest BCUT2D eigenvalue weighted by Gasteiger charge is -2.37. The van der Waals surface area contributed by atoms with Crippen LogP contribution >= 0.6 is 0 Å². The molecule has 0 saturated carbocycles. The van der Waals surface area contributed by atoms with Crippen molar-refractivity contribution in [2.45, 2.75) is 31.8 Å². The molecule has 3 rings (SSSR count). The van der Waals surface area contributed by atoms with Gasteiger partial charge in [-0.2, -0.15) is 0 Å². The summed E-state index contributed by atoms with van der Waals surface area (Å²) in [7, 11) is 4.47. The molecule has 1 unspecified atom stereocenters. The number of nitrogens with zero attached hydrogens (tertiary/aromatic N) is 2. The van der Waals surface area contributed by atoms with Crippen molar-refractivity contribution < 1.29 is 0 Å². The third-order valence-corrected chi connectivity index (χ3v) is 4.85. The largest absolute Gasteiger partial charge is 0.311 e. The van der Waals surface area contributed by atoms with Crippen LogP contribution in [0.4, 0.5) is 0 Å². The molecule has 1 heterocycles. The zero-order valence-corrected chi connectivity index (χ0v) is 12.9. The Hall–Kier alpha value is -0.900. The van der Waals surface area contributed by atoms with Crippen LogP contribution < -0.4 is 5.32 Å². The predicted octanol–water partition coefficient (Wildman–Crippen LogP) is 1.51. The molecule has 0 bridgehead atoms. The number of rotatable bonds is 4. The lowest BCUT2D eigenvalue weighted by molar-refractivity contribution is 0.113. The van der Waals surface area contributed by atoms with E-state index in [-0.39, 0.29) is 0 Å². The van der Waals surface area contributed by atoms with Gasteiger partial charge in [-0.3, -0.25) is 4.90 Å². The van der Waals surface area contributed by atoms with Gasteiger partial charge in [-0.25, -0.2) is 0 Å². The van der Waals surface area contributed by atoms with Gasteiger partial charge < -0.3 is 10.2 Å². The summed E-state index contributed by atoms with van der Waals surface area (Å²) in [5.74, 6) is 0. The minimum atomic E-state index is 0.642. The van der Waals surface area contributed by atoms with Crippen LogP contribution in [0.25, 0.3) is 0 Å². The van der Waals surface area contributed by atoms with Gasteiger partial charge in [0.25, 0.3) is 0 Å². The van der Waals surface area contributed by atoms with Crippen molar-refractivity contribution in [1.29, 1.82) is 0 Å². The number of aryl methyl sites for hydroxylation is 2. The Balaban J connectivity index is 1.50. The lowest BCUT2D eigenvalue weighted by atomic mass is 10.1. The van der Waals surface area contributed by atoms with Gasteiger partial charge in [-0.1, -0.05) is 18.2 Å². The molecule has 1 atom stereocenters. The van der Waals surface area contributed by atoms with E-state index < -0.39 is 0 Å². The molecule has 1 aliphatic carbocycles. The standard InChI is InChI=1S/C17H27N3/c1-19-8-9-20(2)17(13-19)12-18-11-14-6-7-15-4-3-5-16(15)10-14/h6-7,10,17-18H,3-5,8-9,11-13H2,1-2H3. The van der Waals surface area contributed by atoms with Crippen molar-refractivity contribution in [1.82, 2.24) is 15.1 Å². The second kappa shape index (κ2) is 6.25. The zero-order chi connectivity index (χ0) is 13.9. The number of likely N-dealkylation sites (N-methyl/N-ethyl adjacent to an activating group) is 2. The Bertz CT molecular complexity index is 458.